The van der Waals surface area contributed by atoms with Crippen molar-refractivity contribution in [1.82, 2.24) is 19.5 Å². The summed E-state index contributed by atoms with van der Waals surface area (Å²) >= 11 is 1.28. The van der Waals surface area contributed by atoms with Crippen LogP contribution >= 0.6 is 11.3 Å². The van der Waals surface area contributed by atoms with Crippen molar-refractivity contribution in [2.45, 2.75) is 0 Å². The van der Waals surface area contributed by atoms with E-state index in [4.69, 9.17) is 0 Å². The SMILES string of the molecule is CN(C)c1ncnc2sc3c(=O)n(-c4ccc(F)cc4)cnc3c12. The second kappa shape index (κ2) is 5.34. The average molecular weight is 341 g/mol. The van der Waals surface area contributed by atoms with Crippen LogP contribution in [0.5, 0.6) is 0 Å². The van der Waals surface area contributed by atoms with Crippen molar-refractivity contribution < 1.29 is 4.39 Å². The summed E-state index contributed by atoms with van der Waals surface area (Å²) in [5.74, 6) is 0.367. The van der Waals surface area contributed by atoms with Gasteiger partial charge in [-0.2, -0.15) is 0 Å². The Morgan fingerprint density at radius 2 is 1.88 bits per heavy atom. The normalized spacial score (nSPS) is 11.3. The molecule has 0 aliphatic rings. The summed E-state index contributed by atoms with van der Waals surface area (Å²) in [6, 6.07) is 5.71. The minimum atomic E-state index is -0.353. The topological polar surface area (TPSA) is 63.9 Å². The highest BCUT2D eigenvalue weighted by molar-refractivity contribution is 7.25. The molecule has 0 aliphatic carbocycles. The van der Waals surface area contributed by atoms with Crippen LogP contribution in [0.15, 0.2) is 41.7 Å². The van der Waals surface area contributed by atoms with Crippen LogP contribution in [0.3, 0.4) is 0 Å². The van der Waals surface area contributed by atoms with Gasteiger partial charge in [0.1, 0.15) is 39.3 Å². The van der Waals surface area contributed by atoms with Crippen molar-refractivity contribution in [1.29, 1.82) is 0 Å². The zero-order valence-electron chi connectivity index (χ0n) is 12.9. The molecule has 0 radical (unpaired) electrons. The fourth-order valence-corrected chi connectivity index (χ4v) is 3.59. The fourth-order valence-electron chi connectivity index (χ4n) is 2.57. The van der Waals surface area contributed by atoms with Gasteiger partial charge in [0.2, 0.25) is 0 Å². The molecule has 120 valence electrons. The van der Waals surface area contributed by atoms with Gasteiger partial charge in [0.15, 0.2) is 0 Å². The molecule has 0 atom stereocenters. The van der Waals surface area contributed by atoms with Gasteiger partial charge in [0.25, 0.3) is 5.56 Å². The van der Waals surface area contributed by atoms with Crippen molar-refractivity contribution in [3.05, 3.63) is 53.1 Å². The third kappa shape index (κ3) is 2.15. The molecule has 4 aromatic rings. The minimum absolute atomic E-state index is 0.209. The van der Waals surface area contributed by atoms with E-state index in [0.29, 0.717) is 20.7 Å². The molecule has 0 unspecified atom stereocenters. The number of benzene rings is 1. The standard InChI is InChI=1S/C16H12FN5OS/c1-21(2)14-11-12-13(24-15(11)19-7-18-14)16(23)22(8-20-12)10-5-3-9(17)4-6-10/h3-8H,1-2H3. The number of rotatable bonds is 2. The fraction of sp³-hybridized carbons (Fsp3) is 0.125. The first-order chi connectivity index (χ1) is 11.6. The third-order valence-electron chi connectivity index (χ3n) is 3.69. The number of fused-ring (bicyclic) bond motifs is 3. The summed E-state index contributed by atoms with van der Waals surface area (Å²) in [7, 11) is 3.76. The van der Waals surface area contributed by atoms with E-state index in [0.717, 1.165) is 11.2 Å². The largest absolute Gasteiger partial charge is 0.362 e. The highest BCUT2D eigenvalue weighted by atomic mass is 32.1. The van der Waals surface area contributed by atoms with E-state index in [1.54, 1.807) is 12.1 Å². The lowest BCUT2D eigenvalue weighted by Crippen LogP contribution is -2.17. The summed E-state index contributed by atoms with van der Waals surface area (Å²) in [6.07, 6.45) is 2.93. The van der Waals surface area contributed by atoms with Crippen LogP contribution in [0.4, 0.5) is 10.2 Å². The maximum absolute atomic E-state index is 13.1. The van der Waals surface area contributed by atoms with Crippen molar-refractivity contribution in [2.75, 3.05) is 19.0 Å². The van der Waals surface area contributed by atoms with Crippen LogP contribution in [0.1, 0.15) is 0 Å². The van der Waals surface area contributed by atoms with Gasteiger partial charge in [0.05, 0.1) is 11.1 Å². The molecule has 0 N–H and O–H groups in total. The molecule has 0 saturated carbocycles. The maximum Gasteiger partial charge on any atom is 0.275 e. The van der Waals surface area contributed by atoms with Gasteiger partial charge in [-0.1, -0.05) is 0 Å². The summed E-state index contributed by atoms with van der Waals surface area (Å²) in [6.45, 7) is 0. The van der Waals surface area contributed by atoms with Gasteiger partial charge < -0.3 is 4.90 Å². The molecule has 6 nitrogen and oxygen atoms in total. The number of anilines is 1. The zero-order chi connectivity index (χ0) is 16.8. The van der Waals surface area contributed by atoms with E-state index >= 15 is 0 Å². The van der Waals surface area contributed by atoms with Crippen molar-refractivity contribution >= 4 is 37.6 Å². The van der Waals surface area contributed by atoms with Crippen LogP contribution in [0.2, 0.25) is 0 Å². The molecule has 0 aliphatic heterocycles. The van der Waals surface area contributed by atoms with Crippen molar-refractivity contribution in [2.24, 2.45) is 0 Å². The minimum Gasteiger partial charge on any atom is -0.362 e. The third-order valence-corrected chi connectivity index (χ3v) is 4.76. The molecule has 0 bridgehead atoms. The van der Waals surface area contributed by atoms with Gasteiger partial charge in [0, 0.05) is 14.1 Å². The summed E-state index contributed by atoms with van der Waals surface area (Å²) in [5, 5.41) is 0.769. The van der Waals surface area contributed by atoms with E-state index in [-0.39, 0.29) is 11.4 Å². The van der Waals surface area contributed by atoms with Crippen LogP contribution < -0.4 is 10.5 Å². The van der Waals surface area contributed by atoms with E-state index in [1.165, 1.54) is 40.7 Å². The molecular weight excluding hydrogens is 329 g/mol. The van der Waals surface area contributed by atoms with Crippen LogP contribution in [-0.2, 0) is 0 Å². The van der Waals surface area contributed by atoms with Crippen LogP contribution in [-0.4, -0.2) is 33.6 Å². The van der Waals surface area contributed by atoms with Gasteiger partial charge in [-0.3, -0.25) is 9.36 Å². The maximum atomic E-state index is 13.1. The molecule has 8 heteroatoms. The molecule has 0 fully saturated rings. The van der Waals surface area contributed by atoms with Gasteiger partial charge in [-0.05, 0) is 24.3 Å². The quantitative estimate of drug-likeness (QED) is 0.561. The van der Waals surface area contributed by atoms with Gasteiger partial charge >= 0.3 is 0 Å². The lowest BCUT2D eigenvalue weighted by Gasteiger charge is -2.11. The Bertz CT molecular complexity index is 1120. The number of aromatic nitrogens is 4. The molecule has 0 amide bonds. The van der Waals surface area contributed by atoms with Gasteiger partial charge in [-0.25, -0.2) is 19.3 Å². The monoisotopic (exact) mass is 341 g/mol. The molecule has 0 saturated heterocycles. The number of nitrogens with zero attached hydrogens (tertiary/aromatic N) is 5. The Morgan fingerprint density at radius 3 is 2.58 bits per heavy atom. The highest BCUT2D eigenvalue weighted by Crippen LogP contribution is 2.33. The second-order valence-electron chi connectivity index (χ2n) is 5.45. The zero-order valence-corrected chi connectivity index (χ0v) is 13.7. The van der Waals surface area contributed by atoms with E-state index < -0.39 is 0 Å². The summed E-state index contributed by atoms with van der Waals surface area (Å²) < 4.78 is 15.0. The first-order valence-electron chi connectivity index (χ1n) is 7.14. The second-order valence-corrected chi connectivity index (χ2v) is 6.45. The predicted molar refractivity (Wildman–Crippen MR) is 92.6 cm³/mol. The smallest absolute Gasteiger partial charge is 0.275 e. The molecular formula is C16H12FN5OS. The number of hydrogen-bond acceptors (Lipinski definition) is 6. The Kier molecular flexibility index (Phi) is 3.27. The first kappa shape index (κ1) is 14.7. The number of halogens is 1. The molecule has 24 heavy (non-hydrogen) atoms. The Labute approximate surface area is 139 Å². The van der Waals surface area contributed by atoms with E-state index in [2.05, 4.69) is 15.0 Å². The van der Waals surface area contributed by atoms with E-state index in [1.807, 2.05) is 19.0 Å². The van der Waals surface area contributed by atoms with Crippen molar-refractivity contribution in [3.8, 4) is 5.69 Å². The number of hydrogen-bond donors (Lipinski definition) is 0. The molecule has 1 aromatic carbocycles. The molecule has 3 aromatic heterocycles. The lowest BCUT2D eigenvalue weighted by atomic mass is 10.3. The Morgan fingerprint density at radius 1 is 1.12 bits per heavy atom. The van der Waals surface area contributed by atoms with E-state index in [9.17, 15) is 9.18 Å². The molecule has 4 rings (SSSR count). The van der Waals surface area contributed by atoms with Crippen LogP contribution in [0, 0.1) is 5.82 Å². The van der Waals surface area contributed by atoms with Crippen LogP contribution in [0.25, 0.3) is 26.1 Å². The molecule has 0 spiro atoms. The van der Waals surface area contributed by atoms with Crippen molar-refractivity contribution in [3.63, 3.8) is 0 Å². The summed E-state index contributed by atoms with van der Waals surface area (Å²) in [4.78, 5) is 28.4. The van der Waals surface area contributed by atoms with Gasteiger partial charge in [-0.15, -0.1) is 11.3 Å². The first-order valence-corrected chi connectivity index (χ1v) is 7.96. The lowest BCUT2D eigenvalue weighted by molar-refractivity contribution is 0.627. The summed E-state index contributed by atoms with van der Waals surface area (Å²) in [5.41, 5.74) is 0.939. The highest BCUT2D eigenvalue weighted by Gasteiger charge is 2.17. The molecule has 3 heterocycles. The Balaban J connectivity index is 2.04. The predicted octanol–water partition coefficient (Wildman–Crippen LogP) is 2.60. The average Bonchev–Trinajstić information content (AvgIpc) is 2.96. The Hall–Kier alpha value is -2.87. The number of thiophene rings is 1.